The Morgan fingerprint density at radius 1 is 0.931 bits per heavy atom. The summed E-state index contributed by atoms with van der Waals surface area (Å²) in [6, 6.07) is 14.7. The second-order valence-electron chi connectivity index (χ2n) is 7.63. The molecule has 1 aromatic carbocycles. The van der Waals surface area contributed by atoms with Crippen LogP contribution in [0.5, 0.6) is 0 Å². The third-order valence-electron chi connectivity index (χ3n) is 5.08. The van der Waals surface area contributed by atoms with Gasteiger partial charge < -0.3 is 9.64 Å². The Balaban J connectivity index is 1.36. The smallest absolute Gasteiger partial charge is 0.224 e. The number of anilines is 1. The first kappa shape index (κ1) is 19.5. The van der Waals surface area contributed by atoms with Crippen LogP contribution in [0.3, 0.4) is 0 Å². The number of hydrogen-bond acceptors (Lipinski definition) is 6. The van der Waals surface area contributed by atoms with E-state index in [4.69, 9.17) is 4.74 Å². The normalized spacial score (nSPS) is 17.2. The molecule has 0 unspecified atom stereocenters. The highest BCUT2D eigenvalue weighted by Crippen LogP contribution is 2.22. The molecule has 6 nitrogen and oxygen atoms in total. The zero-order valence-corrected chi connectivity index (χ0v) is 17.0. The summed E-state index contributed by atoms with van der Waals surface area (Å²) in [6.45, 7) is 3.24. The number of pyridine rings is 1. The summed E-state index contributed by atoms with van der Waals surface area (Å²) in [5.74, 6) is 0.730. The Kier molecular flexibility index (Phi) is 6.12. The van der Waals surface area contributed by atoms with Crippen LogP contribution in [-0.4, -0.2) is 53.6 Å². The molecule has 2 aromatic heterocycles. The van der Waals surface area contributed by atoms with Gasteiger partial charge in [0.05, 0.1) is 12.3 Å². The van der Waals surface area contributed by atoms with Gasteiger partial charge in [0.2, 0.25) is 5.95 Å². The summed E-state index contributed by atoms with van der Waals surface area (Å²) < 4.78 is 6.00. The Hall–Kier alpha value is -2.83. The van der Waals surface area contributed by atoms with Crippen LogP contribution in [0.4, 0.5) is 5.95 Å². The van der Waals surface area contributed by atoms with Gasteiger partial charge in [-0.25, -0.2) is 9.97 Å². The van der Waals surface area contributed by atoms with Crippen molar-refractivity contribution in [3.05, 3.63) is 83.4 Å². The van der Waals surface area contributed by atoms with E-state index in [1.165, 1.54) is 11.1 Å². The quantitative estimate of drug-likeness (QED) is 0.646. The van der Waals surface area contributed by atoms with E-state index in [2.05, 4.69) is 56.3 Å². The van der Waals surface area contributed by atoms with E-state index < -0.39 is 0 Å². The van der Waals surface area contributed by atoms with Gasteiger partial charge >= 0.3 is 0 Å². The number of aromatic nitrogens is 3. The molecule has 1 aliphatic heterocycles. The van der Waals surface area contributed by atoms with Gasteiger partial charge in [-0.3, -0.25) is 9.88 Å². The molecular formula is C23H27N5O. The maximum absolute atomic E-state index is 6.00. The van der Waals surface area contributed by atoms with Gasteiger partial charge in [-0.1, -0.05) is 36.4 Å². The van der Waals surface area contributed by atoms with E-state index in [1.54, 1.807) is 0 Å². The molecule has 6 heteroatoms. The van der Waals surface area contributed by atoms with Crippen LogP contribution in [-0.2, 0) is 17.7 Å². The maximum Gasteiger partial charge on any atom is 0.224 e. The molecule has 0 N–H and O–H groups in total. The molecule has 0 radical (unpaired) electrons. The summed E-state index contributed by atoms with van der Waals surface area (Å²) in [6.07, 6.45) is 6.68. The maximum atomic E-state index is 6.00. The molecule has 150 valence electrons. The number of benzene rings is 1. The Morgan fingerprint density at radius 3 is 2.38 bits per heavy atom. The molecule has 0 aliphatic carbocycles. The summed E-state index contributed by atoms with van der Waals surface area (Å²) in [4.78, 5) is 17.8. The lowest BCUT2D eigenvalue weighted by Gasteiger charge is -2.32. The van der Waals surface area contributed by atoms with E-state index in [0.717, 1.165) is 43.3 Å². The molecular weight excluding hydrogens is 362 g/mol. The standard InChI is InChI=1S/C23H27N5O/c1-27(2)23-25-14-20(15-26-23)16-28-10-11-29-22(17-28)21-9-8-19(13-24-21)12-18-6-4-3-5-7-18/h3-9,13-15,22H,10-12,16-17H2,1-2H3/t22-/m1/s1. The number of rotatable bonds is 6. The van der Waals surface area contributed by atoms with Crippen molar-refractivity contribution in [3.8, 4) is 0 Å². The average Bonchev–Trinajstić information content (AvgIpc) is 2.76. The highest BCUT2D eigenvalue weighted by Gasteiger charge is 2.23. The van der Waals surface area contributed by atoms with Gasteiger partial charge in [0.15, 0.2) is 0 Å². The van der Waals surface area contributed by atoms with E-state index in [9.17, 15) is 0 Å². The predicted octanol–water partition coefficient (Wildman–Crippen LogP) is 3.10. The number of nitrogens with zero attached hydrogens (tertiary/aromatic N) is 5. The van der Waals surface area contributed by atoms with E-state index >= 15 is 0 Å². The SMILES string of the molecule is CN(C)c1ncc(CN2CCO[C@@H](c3ccc(Cc4ccccc4)cn3)C2)cn1. The van der Waals surface area contributed by atoms with Crippen LogP contribution < -0.4 is 4.90 Å². The lowest BCUT2D eigenvalue weighted by molar-refractivity contribution is -0.0350. The van der Waals surface area contributed by atoms with Crippen LogP contribution in [0, 0.1) is 0 Å². The van der Waals surface area contributed by atoms with Crippen LogP contribution in [0.25, 0.3) is 0 Å². The predicted molar refractivity (Wildman–Crippen MR) is 114 cm³/mol. The van der Waals surface area contributed by atoms with Crippen molar-refractivity contribution in [3.63, 3.8) is 0 Å². The third-order valence-corrected chi connectivity index (χ3v) is 5.08. The Morgan fingerprint density at radius 2 is 1.69 bits per heavy atom. The molecule has 1 fully saturated rings. The largest absolute Gasteiger partial charge is 0.369 e. The minimum atomic E-state index is -0.00325. The Labute approximate surface area is 172 Å². The zero-order chi connectivity index (χ0) is 20.1. The molecule has 29 heavy (non-hydrogen) atoms. The fourth-order valence-corrected chi connectivity index (χ4v) is 3.51. The van der Waals surface area contributed by atoms with Crippen molar-refractivity contribution in [1.29, 1.82) is 0 Å². The zero-order valence-electron chi connectivity index (χ0n) is 17.0. The summed E-state index contributed by atoms with van der Waals surface area (Å²) in [5, 5.41) is 0. The minimum Gasteiger partial charge on any atom is -0.369 e. The fraction of sp³-hybridized carbons (Fsp3) is 0.348. The highest BCUT2D eigenvalue weighted by molar-refractivity contribution is 5.27. The number of morpholine rings is 1. The van der Waals surface area contributed by atoms with Crippen molar-refractivity contribution in [2.45, 2.75) is 19.1 Å². The van der Waals surface area contributed by atoms with Gasteiger partial charge in [-0.05, 0) is 23.6 Å². The van der Waals surface area contributed by atoms with E-state index in [0.29, 0.717) is 6.61 Å². The van der Waals surface area contributed by atoms with Gasteiger partial charge in [-0.2, -0.15) is 0 Å². The first-order valence-corrected chi connectivity index (χ1v) is 9.98. The number of ether oxygens (including phenoxy) is 1. The van der Waals surface area contributed by atoms with Gasteiger partial charge in [0.1, 0.15) is 6.10 Å². The van der Waals surface area contributed by atoms with Gasteiger partial charge in [0.25, 0.3) is 0 Å². The van der Waals surface area contributed by atoms with Crippen LogP contribution in [0.15, 0.2) is 61.1 Å². The minimum absolute atomic E-state index is 0.00325. The molecule has 3 aromatic rings. The monoisotopic (exact) mass is 389 g/mol. The lowest BCUT2D eigenvalue weighted by atomic mass is 10.1. The van der Waals surface area contributed by atoms with E-state index in [-0.39, 0.29) is 6.10 Å². The van der Waals surface area contributed by atoms with Crippen molar-refractivity contribution in [2.24, 2.45) is 0 Å². The molecule has 3 heterocycles. The molecule has 1 aliphatic rings. The Bertz CT molecular complexity index is 897. The molecule has 1 atom stereocenters. The first-order valence-electron chi connectivity index (χ1n) is 9.98. The molecule has 0 bridgehead atoms. The first-order chi connectivity index (χ1) is 14.2. The lowest BCUT2D eigenvalue weighted by Crippen LogP contribution is -2.38. The van der Waals surface area contributed by atoms with Gasteiger partial charge in [0, 0.05) is 57.9 Å². The summed E-state index contributed by atoms with van der Waals surface area (Å²) in [5.41, 5.74) is 4.61. The molecule has 0 spiro atoms. The molecule has 4 rings (SSSR count). The number of hydrogen-bond donors (Lipinski definition) is 0. The van der Waals surface area contributed by atoms with Crippen molar-refractivity contribution >= 4 is 5.95 Å². The summed E-state index contributed by atoms with van der Waals surface area (Å²) >= 11 is 0. The van der Waals surface area contributed by atoms with Crippen LogP contribution in [0.1, 0.15) is 28.5 Å². The van der Waals surface area contributed by atoms with Crippen LogP contribution in [0.2, 0.25) is 0 Å². The van der Waals surface area contributed by atoms with E-state index in [1.807, 2.05) is 43.7 Å². The second-order valence-corrected chi connectivity index (χ2v) is 7.63. The molecule has 0 saturated carbocycles. The third kappa shape index (κ3) is 5.16. The van der Waals surface area contributed by atoms with Crippen molar-refractivity contribution < 1.29 is 4.74 Å². The molecule has 0 amide bonds. The second kappa shape index (κ2) is 9.11. The topological polar surface area (TPSA) is 54.4 Å². The fourth-order valence-electron chi connectivity index (χ4n) is 3.51. The highest BCUT2D eigenvalue weighted by atomic mass is 16.5. The van der Waals surface area contributed by atoms with Crippen molar-refractivity contribution in [1.82, 2.24) is 19.9 Å². The summed E-state index contributed by atoms with van der Waals surface area (Å²) in [7, 11) is 3.89. The van der Waals surface area contributed by atoms with Crippen molar-refractivity contribution in [2.75, 3.05) is 38.7 Å². The van der Waals surface area contributed by atoms with Crippen LogP contribution >= 0.6 is 0 Å². The average molecular weight is 390 g/mol. The van der Waals surface area contributed by atoms with Gasteiger partial charge in [-0.15, -0.1) is 0 Å². The molecule has 1 saturated heterocycles.